The lowest BCUT2D eigenvalue weighted by molar-refractivity contribution is 1.11. The first-order chi connectivity index (χ1) is 21.4. The molecule has 8 aromatic rings. The van der Waals surface area contributed by atoms with Crippen LogP contribution in [0.1, 0.15) is 6.85 Å². The summed E-state index contributed by atoms with van der Waals surface area (Å²) in [5, 5.41) is 6.32. The quantitative estimate of drug-likeness (QED) is 0.220. The molecule has 182 valence electrons. The summed E-state index contributed by atoms with van der Waals surface area (Å²) < 4.78 is 44.5. The van der Waals surface area contributed by atoms with Crippen LogP contribution in [0.25, 0.3) is 71.6 Å². The van der Waals surface area contributed by atoms with Crippen LogP contribution in [0.15, 0.2) is 145 Å². The fraction of sp³-hybridized carbons (Fsp3) is 0. The zero-order chi connectivity index (χ0) is 30.1. The normalized spacial score (nSPS) is 13.4. The van der Waals surface area contributed by atoms with Gasteiger partial charge in [-0.3, -0.25) is 4.57 Å². The van der Waals surface area contributed by atoms with E-state index in [0.717, 1.165) is 43.6 Å². The second kappa shape index (κ2) is 8.68. The zero-order valence-electron chi connectivity index (χ0n) is 25.9. The maximum absolute atomic E-state index is 8.86. The van der Waals surface area contributed by atoms with E-state index >= 15 is 0 Å². The fourth-order valence-electron chi connectivity index (χ4n) is 5.80. The van der Waals surface area contributed by atoms with Gasteiger partial charge in [-0.25, -0.2) is 4.98 Å². The minimum Gasteiger partial charge on any atom is -0.292 e. The van der Waals surface area contributed by atoms with Gasteiger partial charge in [0.15, 0.2) is 0 Å². The van der Waals surface area contributed by atoms with Crippen molar-refractivity contribution in [1.82, 2.24) is 9.55 Å². The summed E-state index contributed by atoms with van der Waals surface area (Å²) >= 11 is 0. The maximum atomic E-state index is 8.86. The van der Waals surface area contributed by atoms with E-state index in [4.69, 9.17) is 11.8 Å². The molecule has 0 aliphatic carbocycles. The number of fused-ring (bicyclic) bond motifs is 4. The van der Waals surface area contributed by atoms with Crippen molar-refractivity contribution in [3.8, 4) is 28.2 Å². The molecule has 7 aromatic carbocycles. The fourth-order valence-corrected chi connectivity index (χ4v) is 5.80. The lowest BCUT2D eigenvalue weighted by atomic mass is 9.87. The van der Waals surface area contributed by atoms with Gasteiger partial charge in [0.2, 0.25) is 0 Å². The Morgan fingerprint density at radius 2 is 1.13 bits per heavy atom. The number of para-hydroxylation sites is 3. The highest BCUT2D eigenvalue weighted by atomic mass is 15.1. The standard InChI is InChI=1S/C37H24N2/c1-2-14-28(15-3-1)39-34-21-11-10-20-33(34)38-37(39)36-31-18-8-6-16-29(31)35(30-17-7-9-19-32(30)36)27-23-22-25-12-4-5-13-26(25)24-27/h1-24H/i1D,2D,3D,14D,15D. The van der Waals surface area contributed by atoms with Gasteiger partial charge in [-0.2, -0.15) is 0 Å². The molecule has 0 bridgehead atoms. The number of hydrogen-bond donors (Lipinski definition) is 0. The van der Waals surface area contributed by atoms with Gasteiger partial charge in [-0.05, 0) is 73.7 Å². The average molecular weight is 502 g/mol. The highest BCUT2D eigenvalue weighted by Gasteiger charge is 2.21. The van der Waals surface area contributed by atoms with E-state index in [-0.39, 0.29) is 29.9 Å². The van der Waals surface area contributed by atoms with Crippen LogP contribution in [0.4, 0.5) is 0 Å². The first-order valence-corrected chi connectivity index (χ1v) is 12.9. The largest absolute Gasteiger partial charge is 0.292 e. The molecule has 0 spiro atoms. The van der Waals surface area contributed by atoms with Crippen LogP contribution >= 0.6 is 0 Å². The predicted molar refractivity (Wildman–Crippen MR) is 164 cm³/mol. The highest BCUT2D eigenvalue weighted by molar-refractivity contribution is 6.21. The number of nitrogens with zero attached hydrogens (tertiary/aromatic N) is 2. The molecule has 0 amide bonds. The van der Waals surface area contributed by atoms with E-state index < -0.39 is 6.04 Å². The van der Waals surface area contributed by atoms with Gasteiger partial charge in [-0.1, -0.05) is 115 Å². The predicted octanol–water partition coefficient (Wildman–Crippen LogP) is 9.82. The minimum absolute atomic E-state index is 0.0754. The Bertz CT molecular complexity index is 2380. The van der Waals surface area contributed by atoms with E-state index in [9.17, 15) is 0 Å². The molecule has 2 heteroatoms. The molecule has 0 radical (unpaired) electrons. The van der Waals surface area contributed by atoms with Crippen LogP contribution in [0, 0.1) is 0 Å². The Kier molecular flexibility index (Phi) is 3.86. The van der Waals surface area contributed by atoms with Gasteiger partial charge in [0.05, 0.1) is 17.9 Å². The SMILES string of the molecule is [2H]c1c([2H])c([2H])c(-n2c(-c3c4ccccc4c(-c4ccc5ccccc5c4)c4ccccc34)nc3ccccc32)c([2H])c1[2H]. The van der Waals surface area contributed by atoms with Crippen LogP contribution in [0.5, 0.6) is 0 Å². The lowest BCUT2D eigenvalue weighted by Gasteiger charge is -2.18. The molecule has 0 saturated heterocycles. The summed E-state index contributed by atoms with van der Waals surface area (Å²) in [4.78, 5) is 5.09. The first kappa shape index (κ1) is 17.3. The Balaban J connectivity index is 1.54. The van der Waals surface area contributed by atoms with Crippen LogP contribution in [0.2, 0.25) is 0 Å². The van der Waals surface area contributed by atoms with E-state index in [1.54, 1.807) is 4.57 Å². The molecular weight excluding hydrogens is 472 g/mol. The molecule has 1 aromatic heterocycles. The second-order valence-corrected chi connectivity index (χ2v) is 9.64. The molecule has 0 saturated carbocycles. The van der Waals surface area contributed by atoms with Crippen LogP contribution in [-0.2, 0) is 0 Å². The van der Waals surface area contributed by atoms with Crippen molar-refractivity contribution in [3.63, 3.8) is 0 Å². The van der Waals surface area contributed by atoms with Crippen molar-refractivity contribution >= 4 is 43.4 Å². The smallest absolute Gasteiger partial charge is 0.146 e. The monoisotopic (exact) mass is 501 g/mol. The molecule has 0 atom stereocenters. The molecule has 0 unspecified atom stereocenters. The van der Waals surface area contributed by atoms with Crippen molar-refractivity contribution < 1.29 is 6.85 Å². The number of aromatic nitrogens is 2. The van der Waals surface area contributed by atoms with E-state index in [0.29, 0.717) is 16.9 Å². The van der Waals surface area contributed by atoms with Gasteiger partial charge < -0.3 is 0 Å². The summed E-state index contributed by atoms with van der Waals surface area (Å²) in [7, 11) is 0. The summed E-state index contributed by atoms with van der Waals surface area (Å²) in [6.45, 7) is 0. The van der Waals surface area contributed by atoms with Crippen LogP contribution in [0.3, 0.4) is 0 Å². The Labute approximate surface area is 233 Å². The van der Waals surface area contributed by atoms with Gasteiger partial charge in [-0.15, -0.1) is 0 Å². The summed E-state index contributed by atoms with van der Waals surface area (Å²) in [5.41, 5.74) is 4.45. The lowest BCUT2D eigenvalue weighted by Crippen LogP contribution is -1.99. The first-order valence-electron chi connectivity index (χ1n) is 15.4. The summed E-state index contributed by atoms with van der Waals surface area (Å²) in [5.74, 6) is 0.516. The van der Waals surface area contributed by atoms with Gasteiger partial charge in [0.25, 0.3) is 0 Å². The molecule has 0 fully saturated rings. The molecule has 0 aliphatic heterocycles. The van der Waals surface area contributed by atoms with Crippen molar-refractivity contribution in [2.75, 3.05) is 0 Å². The molecular formula is C37H24N2. The summed E-state index contributed by atoms with van der Waals surface area (Å²) in [6, 6.07) is 37.1. The highest BCUT2D eigenvalue weighted by Crippen LogP contribution is 2.44. The van der Waals surface area contributed by atoms with E-state index in [1.165, 1.54) is 5.39 Å². The third kappa shape index (κ3) is 3.39. The third-order valence-electron chi connectivity index (χ3n) is 7.46. The Morgan fingerprint density at radius 3 is 1.85 bits per heavy atom. The topological polar surface area (TPSA) is 17.8 Å². The Morgan fingerprint density at radius 1 is 0.538 bits per heavy atom. The van der Waals surface area contributed by atoms with Crippen LogP contribution < -0.4 is 0 Å². The third-order valence-corrected chi connectivity index (χ3v) is 7.46. The molecule has 1 heterocycles. The van der Waals surface area contributed by atoms with Crippen molar-refractivity contribution in [2.24, 2.45) is 0 Å². The van der Waals surface area contributed by atoms with Crippen molar-refractivity contribution in [2.45, 2.75) is 0 Å². The van der Waals surface area contributed by atoms with E-state index in [2.05, 4.69) is 60.7 Å². The molecule has 0 aliphatic rings. The van der Waals surface area contributed by atoms with Crippen molar-refractivity contribution in [1.29, 1.82) is 0 Å². The minimum atomic E-state index is -0.426. The number of hydrogen-bond acceptors (Lipinski definition) is 1. The van der Waals surface area contributed by atoms with Gasteiger partial charge in [0.1, 0.15) is 5.82 Å². The molecule has 0 N–H and O–H groups in total. The average Bonchev–Trinajstić information content (AvgIpc) is 3.43. The van der Waals surface area contributed by atoms with Crippen molar-refractivity contribution in [3.05, 3.63) is 145 Å². The number of imidazole rings is 1. The Hall–Kier alpha value is -5.21. The summed E-state index contributed by atoms with van der Waals surface area (Å²) in [6.07, 6.45) is 0. The van der Waals surface area contributed by atoms with Gasteiger partial charge >= 0.3 is 0 Å². The molecule has 39 heavy (non-hydrogen) atoms. The zero-order valence-corrected chi connectivity index (χ0v) is 20.9. The molecule has 8 rings (SSSR count). The maximum Gasteiger partial charge on any atom is 0.146 e. The van der Waals surface area contributed by atoms with Gasteiger partial charge in [0, 0.05) is 11.3 Å². The number of rotatable bonds is 3. The second-order valence-electron chi connectivity index (χ2n) is 9.64. The van der Waals surface area contributed by atoms with E-state index in [1.807, 2.05) is 54.6 Å². The molecule has 2 nitrogen and oxygen atoms in total. The van der Waals surface area contributed by atoms with Crippen LogP contribution in [-0.4, -0.2) is 9.55 Å². The number of benzene rings is 7.